The lowest BCUT2D eigenvalue weighted by atomic mass is 9.82. The fourth-order valence-electron chi connectivity index (χ4n) is 1.61. The molecule has 0 bridgehead atoms. The topological polar surface area (TPSA) is 37.3 Å². The first kappa shape index (κ1) is 8.47. The maximum absolute atomic E-state index is 11.3. The Bertz CT molecular complexity index is 186. The Morgan fingerprint density at radius 3 is 2.91 bits per heavy atom. The molecule has 0 heterocycles. The van der Waals surface area contributed by atoms with E-state index in [2.05, 4.69) is 6.58 Å². The van der Waals surface area contributed by atoms with Crippen LogP contribution in [0, 0.1) is 5.41 Å². The summed E-state index contributed by atoms with van der Waals surface area (Å²) in [5.41, 5.74) is -0.540. The van der Waals surface area contributed by atoms with Crippen LogP contribution in [0.2, 0.25) is 0 Å². The largest absolute Gasteiger partial charge is 0.392 e. The molecule has 0 unspecified atom stereocenters. The van der Waals surface area contributed by atoms with Crippen molar-refractivity contribution in [3.05, 3.63) is 12.7 Å². The molecule has 0 radical (unpaired) electrons. The quantitative estimate of drug-likeness (QED) is 0.608. The van der Waals surface area contributed by atoms with Crippen LogP contribution in [0.25, 0.3) is 0 Å². The minimum Gasteiger partial charge on any atom is -0.392 e. The van der Waals surface area contributed by atoms with E-state index in [0.29, 0.717) is 19.3 Å². The molecule has 1 N–H and O–H groups in total. The van der Waals surface area contributed by atoms with Gasteiger partial charge in [0.15, 0.2) is 0 Å². The van der Waals surface area contributed by atoms with E-state index in [1.165, 1.54) is 0 Å². The SMILES string of the molecule is C=CC[C@]1(C)C(=O)CC[C@@H]1O. The van der Waals surface area contributed by atoms with Gasteiger partial charge in [0.2, 0.25) is 0 Å². The Hall–Kier alpha value is -0.630. The number of carbonyl (C=O) groups is 1. The minimum atomic E-state index is -0.540. The van der Waals surface area contributed by atoms with Gasteiger partial charge in [-0.3, -0.25) is 4.79 Å². The summed E-state index contributed by atoms with van der Waals surface area (Å²) in [6, 6.07) is 0. The maximum atomic E-state index is 11.3. The number of hydrogen-bond acceptors (Lipinski definition) is 2. The summed E-state index contributed by atoms with van der Waals surface area (Å²) in [4.78, 5) is 11.3. The first-order valence-corrected chi connectivity index (χ1v) is 3.93. The van der Waals surface area contributed by atoms with E-state index in [9.17, 15) is 9.90 Å². The summed E-state index contributed by atoms with van der Waals surface area (Å²) in [6.45, 7) is 5.39. The molecule has 0 aromatic heterocycles. The highest BCUT2D eigenvalue weighted by Gasteiger charge is 2.43. The number of aliphatic hydroxyl groups excluding tert-OH is 1. The third kappa shape index (κ3) is 1.23. The molecule has 11 heavy (non-hydrogen) atoms. The zero-order valence-corrected chi connectivity index (χ0v) is 6.84. The first-order chi connectivity index (χ1) is 5.11. The van der Waals surface area contributed by atoms with Gasteiger partial charge in [-0.2, -0.15) is 0 Å². The molecule has 1 saturated carbocycles. The smallest absolute Gasteiger partial charge is 0.141 e. The van der Waals surface area contributed by atoms with Gasteiger partial charge in [-0.15, -0.1) is 6.58 Å². The Balaban J connectivity index is 2.79. The monoisotopic (exact) mass is 154 g/mol. The van der Waals surface area contributed by atoms with Gasteiger partial charge in [-0.1, -0.05) is 6.08 Å². The summed E-state index contributed by atoms with van der Waals surface area (Å²) < 4.78 is 0. The molecule has 0 amide bonds. The van der Waals surface area contributed by atoms with Crippen LogP contribution < -0.4 is 0 Å². The molecule has 0 saturated heterocycles. The lowest BCUT2D eigenvalue weighted by molar-refractivity contribution is -0.127. The summed E-state index contributed by atoms with van der Waals surface area (Å²) in [6.07, 6.45) is 2.96. The second kappa shape index (κ2) is 2.78. The van der Waals surface area contributed by atoms with Crippen molar-refractivity contribution in [3.63, 3.8) is 0 Å². The van der Waals surface area contributed by atoms with E-state index in [1.807, 2.05) is 6.92 Å². The Kier molecular flexibility index (Phi) is 2.14. The Morgan fingerprint density at radius 2 is 2.55 bits per heavy atom. The molecule has 0 aromatic carbocycles. The number of ketones is 1. The number of allylic oxidation sites excluding steroid dienone is 1. The van der Waals surface area contributed by atoms with Gasteiger partial charge in [0.05, 0.1) is 11.5 Å². The molecule has 0 spiro atoms. The lowest BCUT2D eigenvalue weighted by Gasteiger charge is -2.24. The highest BCUT2D eigenvalue weighted by molar-refractivity contribution is 5.87. The van der Waals surface area contributed by atoms with E-state index in [0.717, 1.165) is 0 Å². The van der Waals surface area contributed by atoms with Crippen molar-refractivity contribution in [3.8, 4) is 0 Å². The van der Waals surface area contributed by atoms with Crippen LogP contribution in [0.1, 0.15) is 26.2 Å². The summed E-state index contributed by atoms with van der Waals surface area (Å²) in [7, 11) is 0. The van der Waals surface area contributed by atoms with Crippen molar-refractivity contribution in [2.75, 3.05) is 0 Å². The number of Topliss-reactive ketones (excluding diaryl/α,β-unsaturated/α-hetero) is 1. The van der Waals surface area contributed by atoms with Crippen LogP contribution in [0.4, 0.5) is 0 Å². The number of carbonyl (C=O) groups excluding carboxylic acids is 1. The number of hydrogen-bond donors (Lipinski definition) is 1. The van der Waals surface area contributed by atoms with Crippen LogP contribution in [0.5, 0.6) is 0 Å². The second-order valence-electron chi connectivity index (χ2n) is 3.39. The average Bonchev–Trinajstić information content (AvgIpc) is 2.19. The van der Waals surface area contributed by atoms with Gasteiger partial charge in [0.25, 0.3) is 0 Å². The van der Waals surface area contributed by atoms with Crippen LogP contribution in [0.3, 0.4) is 0 Å². The minimum absolute atomic E-state index is 0.171. The van der Waals surface area contributed by atoms with Crippen LogP contribution in [-0.4, -0.2) is 17.0 Å². The molecule has 62 valence electrons. The molecule has 0 aromatic rings. The van der Waals surface area contributed by atoms with Crippen LogP contribution >= 0.6 is 0 Å². The average molecular weight is 154 g/mol. The molecular formula is C9H14O2. The van der Waals surface area contributed by atoms with Crippen LogP contribution in [-0.2, 0) is 4.79 Å². The van der Waals surface area contributed by atoms with E-state index in [4.69, 9.17) is 0 Å². The van der Waals surface area contributed by atoms with E-state index < -0.39 is 11.5 Å². The fourth-order valence-corrected chi connectivity index (χ4v) is 1.61. The predicted molar refractivity (Wildman–Crippen MR) is 43.2 cm³/mol. The van der Waals surface area contributed by atoms with Gasteiger partial charge < -0.3 is 5.11 Å². The molecule has 1 aliphatic carbocycles. The number of aliphatic hydroxyl groups is 1. The predicted octanol–water partition coefficient (Wildman–Crippen LogP) is 1.29. The standard InChI is InChI=1S/C9H14O2/c1-3-6-9(2)7(10)4-5-8(9)11/h3,7,10H,1,4-6H2,2H3/t7-,9-/m0/s1. The van der Waals surface area contributed by atoms with E-state index in [1.54, 1.807) is 6.08 Å². The zero-order chi connectivity index (χ0) is 8.48. The third-order valence-corrected chi connectivity index (χ3v) is 2.59. The highest BCUT2D eigenvalue weighted by atomic mass is 16.3. The van der Waals surface area contributed by atoms with Crippen molar-refractivity contribution in [2.45, 2.75) is 32.3 Å². The Labute approximate surface area is 66.9 Å². The van der Waals surface area contributed by atoms with Crippen LogP contribution in [0.15, 0.2) is 12.7 Å². The van der Waals surface area contributed by atoms with Gasteiger partial charge in [0, 0.05) is 6.42 Å². The lowest BCUT2D eigenvalue weighted by Crippen LogP contribution is -2.31. The number of rotatable bonds is 2. The maximum Gasteiger partial charge on any atom is 0.141 e. The van der Waals surface area contributed by atoms with Gasteiger partial charge in [0.1, 0.15) is 5.78 Å². The highest BCUT2D eigenvalue weighted by Crippen LogP contribution is 2.37. The summed E-state index contributed by atoms with van der Waals surface area (Å²) >= 11 is 0. The molecule has 1 fully saturated rings. The third-order valence-electron chi connectivity index (χ3n) is 2.59. The van der Waals surface area contributed by atoms with Crippen molar-refractivity contribution in [1.29, 1.82) is 0 Å². The first-order valence-electron chi connectivity index (χ1n) is 3.93. The molecule has 1 aliphatic rings. The summed E-state index contributed by atoms with van der Waals surface area (Å²) in [5.74, 6) is 0.171. The molecule has 2 atom stereocenters. The fraction of sp³-hybridized carbons (Fsp3) is 0.667. The van der Waals surface area contributed by atoms with E-state index >= 15 is 0 Å². The molecule has 1 rings (SSSR count). The summed E-state index contributed by atoms with van der Waals surface area (Å²) in [5, 5.41) is 9.48. The van der Waals surface area contributed by atoms with Gasteiger partial charge in [-0.05, 0) is 19.8 Å². The second-order valence-corrected chi connectivity index (χ2v) is 3.39. The molecule has 2 nitrogen and oxygen atoms in total. The molecular weight excluding hydrogens is 140 g/mol. The molecule has 2 heteroatoms. The normalized spacial score (nSPS) is 37.6. The van der Waals surface area contributed by atoms with Crippen molar-refractivity contribution in [1.82, 2.24) is 0 Å². The molecule has 0 aliphatic heterocycles. The Morgan fingerprint density at radius 1 is 1.91 bits per heavy atom. The van der Waals surface area contributed by atoms with Crippen molar-refractivity contribution < 1.29 is 9.90 Å². The van der Waals surface area contributed by atoms with Crippen molar-refractivity contribution in [2.24, 2.45) is 5.41 Å². The van der Waals surface area contributed by atoms with E-state index in [-0.39, 0.29) is 5.78 Å². The van der Waals surface area contributed by atoms with Crippen molar-refractivity contribution >= 4 is 5.78 Å². The zero-order valence-electron chi connectivity index (χ0n) is 6.84. The van der Waals surface area contributed by atoms with Gasteiger partial charge >= 0.3 is 0 Å². The van der Waals surface area contributed by atoms with Gasteiger partial charge in [-0.25, -0.2) is 0 Å².